The van der Waals surface area contributed by atoms with Crippen LogP contribution < -0.4 is 11.1 Å². The number of amides is 1. The molecule has 16 heavy (non-hydrogen) atoms. The summed E-state index contributed by atoms with van der Waals surface area (Å²) in [5.41, 5.74) is 6.27. The molecule has 3 heteroatoms. The van der Waals surface area contributed by atoms with E-state index in [1.807, 2.05) is 26.0 Å². The van der Waals surface area contributed by atoms with Gasteiger partial charge in [0.1, 0.15) is 0 Å². The fourth-order valence-electron chi connectivity index (χ4n) is 1.28. The lowest BCUT2D eigenvalue weighted by atomic mass is 10.0. The van der Waals surface area contributed by atoms with Gasteiger partial charge in [-0.15, -0.1) is 6.42 Å². The smallest absolute Gasteiger partial charge is 0.249 e. The third-order valence-electron chi connectivity index (χ3n) is 2.36. The molecule has 0 radical (unpaired) electrons. The number of carbonyl (C=O) groups excluding carboxylic acids is 1. The van der Waals surface area contributed by atoms with Crippen LogP contribution in [-0.4, -0.2) is 11.4 Å². The summed E-state index contributed by atoms with van der Waals surface area (Å²) < 4.78 is 0. The number of terminal acetylenes is 1. The minimum absolute atomic E-state index is 0.398. The summed E-state index contributed by atoms with van der Waals surface area (Å²) >= 11 is 0. The lowest BCUT2D eigenvalue weighted by Gasteiger charge is -2.20. The Balaban J connectivity index is 2.83. The molecule has 1 rings (SSSR count). The molecule has 3 nitrogen and oxygen atoms in total. The van der Waals surface area contributed by atoms with Gasteiger partial charge in [-0.25, -0.2) is 0 Å². The molecule has 0 saturated heterocycles. The van der Waals surface area contributed by atoms with E-state index in [-0.39, 0.29) is 0 Å². The number of primary amides is 1. The van der Waals surface area contributed by atoms with Crippen molar-refractivity contribution < 1.29 is 4.79 Å². The zero-order valence-electron chi connectivity index (χ0n) is 9.58. The average molecular weight is 216 g/mol. The summed E-state index contributed by atoms with van der Waals surface area (Å²) in [6, 6.07) is 7.23. The Labute approximate surface area is 96.0 Å². The quantitative estimate of drug-likeness (QED) is 0.745. The first-order chi connectivity index (χ1) is 7.46. The highest BCUT2D eigenvalue weighted by atomic mass is 16.1. The van der Waals surface area contributed by atoms with Gasteiger partial charge in [0.2, 0.25) is 5.91 Å². The van der Waals surface area contributed by atoms with E-state index < -0.39 is 11.4 Å². The normalized spacial score (nSPS) is 10.8. The molecule has 0 bridgehead atoms. The first kappa shape index (κ1) is 12.3. The van der Waals surface area contributed by atoms with E-state index in [1.54, 1.807) is 12.1 Å². The molecule has 0 spiro atoms. The van der Waals surface area contributed by atoms with Gasteiger partial charge in [0, 0.05) is 12.1 Å². The maximum absolute atomic E-state index is 11.2. The van der Waals surface area contributed by atoms with Gasteiger partial charge in [-0.05, 0) is 25.5 Å². The van der Waals surface area contributed by atoms with E-state index >= 15 is 0 Å². The SMILES string of the molecule is C#CC(C)(C)NCc1ccccc1C(N)=O. The summed E-state index contributed by atoms with van der Waals surface area (Å²) in [4.78, 5) is 11.2. The van der Waals surface area contributed by atoms with Crippen LogP contribution in [0.4, 0.5) is 0 Å². The molecule has 3 N–H and O–H groups in total. The molecule has 0 aliphatic carbocycles. The van der Waals surface area contributed by atoms with Gasteiger partial charge >= 0.3 is 0 Å². The topological polar surface area (TPSA) is 55.1 Å². The molecule has 1 aromatic rings. The highest BCUT2D eigenvalue weighted by Gasteiger charge is 2.14. The van der Waals surface area contributed by atoms with E-state index in [1.165, 1.54) is 0 Å². The molecule has 0 unspecified atom stereocenters. The third kappa shape index (κ3) is 3.11. The second-order valence-electron chi connectivity index (χ2n) is 4.14. The molecule has 1 amide bonds. The largest absolute Gasteiger partial charge is 0.366 e. The van der Waals surface area contributed by atoms with Crippen LogP contribution in [0.5, 0.6) is 0 Å². The first-order valence-electron chi connectivity index (χ1n) is 5.07. The van der Waals surface area contributed by atoms with E-state index in [0.29, 0.717) is 12.1 Å². The molecule has 0 aliphatic rings. The number of hydrogen-bond donors (Lipinski definition) is 2. The van der Waals surface area contributed by atoms with Crippen LogP contribution in [-0.2, 0) is 6.54 Å². The molecule has 1 aromatic carbocycles. The van der Waals surface area contributed by atoms with E-state index in [0.717, 1.165) is 5.56 Å². The fourth-order valence-corrected chi connectivity index (χ4v) is 1.28. The summed E-state index contributed by atoms with van der Waals surface area (Å²) in [5, 5.41) is 3.18. The Morgan fingerprint density at radius 2 is 2.12 bits per heavy atom. The zero-order chi connectivity index (χ0) is 12.2. The fraction of sp³-hybridized carbons (Fsp3) is 0.308. The zero-order valence-corrected chi connectivity index (χ0v) is 9.58. The average Bonchev–Trinajstić information content (AvgIpc) is 2.27. The van der Waals surface area contributed by atoms with Crippen molar-refractivity contribution in [1.82, 2.24) is 5.32 Å². The Kier molecular flexibility index (Phi) is 3.70. The summed E-state index contributed by atoms with van der Waals surface area (Å²) in [6.45, 7) is 4.33. The lowest BCUT2D eigenvalue weighted by Crippen LogP contribution is -2.37. The Hall–Kier alpha value is -1.79. The van der Waals surface area contributed by atoms with Gasteiger partial charge in [0.15, 0.2) is 0 Å². The van der Waals surface area contributed by atoms with E-state index in [2.05, 4.69) is 11.2 Å². The first-order valence-corrected chi connectivity index (χ1v) is 5.07. The highest BCUT2D eigenvalue weighted by molar-refractivity contribution is 5.94. The van der Waals surface area contributed by atoms with Crippen LogP contribution in [0, 0.1) is 12.3 Å². The van der Waals surface area contributed by atoms with Gasteiger partial charge in [-0.2, -0.15) is 0 Å². The minimum Gasteiger partial charge on any atom is -0.366 e. The Morgan fingerprint density at radius 3 is 2.69 bits per heavy atom. The van der Waals surface area contributed by atoms with Crippen molar-refractivity contribution in [3.8, 4) is 12.3 Å². The van der Waals surface area contributed by atoms with Gasteiger partial charge in [-0.1, -0.05) is 24.1 Å². The van der Waals surface area contributed by atoms with Crippen LogP contribution >= 0.6 is 0 Å². The predicted octanol–water partition coefficient (Wildman–Crippen LogP) is 1.29. The van der Waals surface area contributed by atoms with Gasteiger partial charge in [0.25, 0.3) is 0 Å². The van der Waals surface area contributed by atoms with Crippen molar-refractivity contribution in [2.45, 2.75) is 25.9 Å². The number of carbonyl (C=O) groups is 1. The Morgan fingerprint density at radius 1 is 1.50 bits per heavy atom. The second-order valence-corrected chi connectivity index (χ2v) is 4.14. The molecule has 0 aromatic heterocycles. The van der Waals surface area contributed by atoms with Crippen LogP contribution in [0.25, 0.3) is 0 Å². The van der Waals surface area contributed by atoms with Crippen molar-refractivity contribution in [1.29, 1.82) is 0 Å². The second kappa shape index (κ2) is 4.82. The summed E-state index contributed by atoms with van der Waals surface area (Å²) in [6.07, 6.45) is 5.36. The molecule has 0 saturated carbocycles. The number of nitrogens with one attached hydrogen (secondary N) is 1. The van der Waals surface area contributed by atoms with E-state index in [9.17, 15) is 4.79 Å². The summed E-state index contributed by atoms with van der Waals surface area (Å²) in [7, 11) is 0. The van der Waals surface area contributed by atoms with Crippen molar-refractivity contribution in [2.75, 3.05) is 0 Å². The predicted molar refractivity (Wildman–Crippen MR) is 64.7 cm³/mol. The molecule has 0 heterocycles. The molecule has 0 fully saturated rings. The number of rotatable bonds is 4. The lowest BCUT2D eigenvalue weighted by molar-refractivity contribution is 0.0999. The van der Waals surface area contributed by atoms with Gasteiger partial charge in [0.05, 0.1) is 5.54 Å². The molecule has 0 aliphatic heterocycles. The molecular weight excluding hydrogens is 200 g/mol. The highest BCUT2D eigenvalue weighted by Crippen LogP contribution is 2.09. The number of benzene rings is 1. The maximum Gasteiger partial charge on any atom is 0.249 e. The molecule has 0 atom stereocenters. The van der Waals surface area contributed by atoms with Crippen molar-refractivity contribution in [3.05, 3.63) is 35.4 Å². The van der Waals surface area contributed by atoms with Crippen molar-refractivity contribution >= 4 is 5.91 Å². The molecule has 84 valence electrons. The minimum atomic E-state index is -0.420. The van der Waals surface area contributed by atoms with Crippen LogP contribution in [0.3, 0.4) is 0 Å². The monoisotopic (exact) mass is 216 g/mol. The van der Waals surface area contributed by atoms with Gasteiger partial charge < -0.3 is 5.73 Å². The standard InChI is InChI=1S/C13H16N2O/c1-4-13(2,3)15-9-10-7-5-6-8-11(10)12(14)16/h1,5-8,15H,9H2,2-3H3,(H2,14,16). The molecular formula is C13H16N2O. The van der Waals surface area contributed by atoms with Crippen molar-refractivity contribution in [3.63, 3.8) is 0 Å². The Bertz CT molecular complexity index is 430. The summed E-state index contributed by atoms with van der Waals surface area (Å²) in [5.74, 6) is 2.21. The van der Waals surface area contributed by atoms with Gasteiger partial charge in [-0.3, -0.25) is 10.1 Å². The maximum atomic E-state index is 11.2. The van der Waals surface area contributed by atoms with E-state index in [4.69, 9.17) is 12.2 Å². The van der Waals surface area contributed by atoms with Crippen molar-refractivity contribution in [2.24, 2.45) is 5.73 Å². The number of hydrogen-bond acceptors (Lipinski definition) is 2. The van der Waals surface area contributed by atoms with Crippen LogP contribution in [0.1, 0.15) is 29.8 Å². The van der Waals surface area contributed by atoms with Crippen LogP contribution in [0.2, 0.25) is 0 Å². The third-order valence-corrected chi connectivity index (χ3v) is 2.36. The number of nitrogens with two attached hydrogens (primary N) is 1. The van der Waals surface area contributed by atoms with Crippen LogP contribution in [0.15, 0.2) is 24.3 Å².